The third-order valence-electron chi connectivity index (χ3n) is 19.1. The molecule has 0 aromatic rings. The second-order valence-corrected chi connectivity index (χ2v) is 28.0. The Balaban J connectivity index is -0.0000000515. The number of amides is 2. The summed E-state index contributed by atoms with van der Waals surface area (Å²) in [5.74, 6) is -18.8. The molecule has 758 valence electrons. The Morgan fingerprint density at radius 3 is 1.09 bits per heavy atom. The van der Waals surface area contributed by atoms with Crippen molar-refractivity contribution in [3.8, 4) is 0 Å². The van der Waals surface area contributed by atoms with Gasteiger partial charge in [-0.3, -0.25) is 71.9 Å². The number of carboxylic acids is 9. The molecule has 0 heterocycles. The highest BCUT2D eigenvalue weighted by molar-refractivity contribution is 5.86. The van der Waals surface area contributed by atoms with Crippen molar-refractivity contribution in [3.63, 3.8) is 0 Å². The van der Waals surface area contributed by atoms with Gasteiger partial charge >= 0.3 is 83.6 Å². The largest absolute Gasteiger partial charge is 0.481 e. The van der Waals surface area contributed by atoms with Gasteiger partial charge in [0.2, 0.25) is 11.8 Å². The van der Waals surface area contributed by atoms with E-state index in [2.05, 4.69) is 25.0 Å². The number of rotatable bonds is 33. The summed E-state index contributed by atoms with van der Waals surface area (Å²) in [5, 5.41) is 90.9. The smallest absolute Gasteiger partial charge is 0.334 e. The molecule has 2 amide bonds. The number of nitrogens with one attached hydrogen (secondary N) is 2. The van der Waals surface area contributed by atoms with Gasteiger partial charge in [-0.15, -0.1) is 0 Å². The molecule has 0 spiro atoms. The van der Waals surface area contributed by atoms with Crippen LogP contribution in [0.25, 0.3) is 0 Å². The van der Waals surface area contributed by atoms with Gasteiger partial charge in [0.05, 0.1) is 104 Å². The van der Waals surface area contributed by atoms with Gasteiger partial charge in [-0.1, -0.05) is 262 Å². The van der Waals surface area contributed by atoms with Crippen LogP contribution < -0.4 is 10.6 Å². The van der Waals surface area contributed by atoms with Crippen LogP contribution in [-0.4, -0.2) is 191 Å². The molecule has 3 saturated carbocycles. The first-order valence-electron chi connectivity index (χ1n) is 36.9. The van der Waals surface area contributed by atoms with Crippen LogP contribution in [0.4, 0.5) is 0 Å². The van der Waals surface area contributed by atoms with Crippen LogP contribution in [0.2, 0.25) is 0 Å². The van der Waals surface area contributed by atoms with Crippen molar-refractivity contribution in [2.24, 2.45) is 76.4 Å². The Kier molecular flexibility index (Phi) is 128. The third-order valence-corrected chi connectivity index (χ3v) is 19.1. The molecule has 0 aromatic heterocycles. The Bertz CT molecular complexity index is 2770. The molecule has 0 aliphatic heterocycles. The molecule has 0 bridgehead atoms. The van der Waals surface area contributed by atoms with Crippen molar-refractivity contribution < 1.29 is 157 Å². The summed E-state index contributed by atoms with van der Waals surface area (Å²) in [6.07, 6.45) is 17.0. The zero-order valence-corrected chi connectivity index (χ0v) is 67.1. The molecule has 3 fully saturated rings. The number of methoxy groups -OCH3 is 1. The highest BCUT2D eigenvalue weighted by atomic mass is 17.1. The molecule has 125 heavy (non-hydrogen) atoms. The highest BCUT2D eigenvalue weighted by Crippen LogP contribution is 2.32. The molecule has 34 heteroatoms. The molecule has 34 nitrogen and oxygen atoms in total. The van der Waals surface area contributed by atoms with Crippen LogP contribution in [0, 0.1) is 76.4 Å². The second-order valence-electron chi connectivity index (χ2n) is 28.0. The van der Waals surface area contributed by atoms with E-state index in [4.69, 9.17) is 60.3 Å². The predicted molar refractivity (Wildman–Crippen MR) is 500 cm³/mol. The van der Waals surface area contributed by atoms with E-state index in [0.29, 0.717) is 0 Å². The summed E-state index contributed by atoms with van der Waals surface area (Å²) in [6, 6.07) is 0.0364. The molecule has 0 aromatic carbocycles. The maximum atomic E-state index is 12.1. The number of carbonyl (C=O) groups is 16. The predicted octanol–water partition coefficient (Wildman–Crippen LogP) is 20.4. The van der Waals surface area contributed by atoms with Crippen LogP contribution in [0.5, 0.6) is 0 Å². The molecule has 3 aliphatic rings. The van der Waals surface area contributed by atoms with E-state index in [1.807, 2.05) is 41.5 Å². The standard InChI is InChI=1S/C14H25NO3.C12H21NO3.C12H20O4.C9H14O6.C8H14O4.2C7H12O4.C6H10O4.16CH4/c1-5-14(3,4)13(18)15-10-8-6-7-9(2)11(10)12(16)17;1-8(9(2)12(15)16)11(14)13-10-6-4-3-5-7-10;1-8(11(13)14)9(2)12(15)16-10-6-4-3-5-7-10;1-5(8(12)13)6(2)9(14)15-4-3-7(10)11;1-3-6(2)12-8(11)5-4-7(9)10;1-4(6(8)9)5(2)7(10)11-3;1-3-6(2)11-7(8)4-5-10-9;1-3(5(7)8)4(2)6(9)10;;;;;;;;;;;;;;;;/h9-11H,5-8H2,1-4H3,(H,15,18)(H,16,17);8-10H,3-7H2,1-2H3,(H,13,14)(H,15,16);8-10H,3-7H2,1-2H3,(H,13,14);5-6H,3-4H2,1-2H3,(H,10,11)(H,12,13);6H,3-5H2,1-2H3,(H,9,10);4-5H,1-3H3,(H,8,9);4-6,9H,3H2,1-2H3;3-4H,1-2H3,(H,7,8)(H,9,10);16*1H4/b;;;;;;5-4+;;;;;;;;;;;;;;;;;. The van der Waals surface area contributed by atoms with E-state index < -0.39 is 148 Å². The zero-order chi connectivity index (χ0) is 85.8. The van der Waals surface area contributed by atoms with Gasteiger partial charge in [-0.25, -0.2) is 10.1 Å². The molecule has 0 saturated heterocycles. The summed E-state index contributed by atoms with van der Waals surface area (Å²) in [7, 11) is 1.24. The van der Waals surface area contributed by atoms with Gasteiger partial charge in [0.15, 0.2) is 0 Å². The van der Waals surface area contributed by atoms with E-state index >= 15 is 0 Å². The Morgan fingerprint density at radius 2 is 0.752 bits per heavy atom. The van der Waals surface area contributed by atoms with Crippen LogP contribution in [0.1, 0.15) is 365 Å². The van der Waals surface area contributed by atoms with Gasteiger partial charge in [0.25, 0.3) is 0 Å². The van der Waals surface area contributed by atoms with Crippen LogP contribution in [0.15, 0.2) is 12.3 Å². The monoisotopic (exact) mass is 1830 g/mol. The van der Waals surface area contributed by atoms with Crippen molar-refractivity contribution in [3.05, 3.63) is 12.3 Å². The maximum absolute atomic E-state index is 12.1. The van der Waals surface area contributed by atoms with E-state index in [-0.39, 0.29) is 199 Å². The summed E-state index contributed by atoms with van der Waals surface area (Å²) >= 11 is 0. The average Bonchev–Trinajstić information content (AvgIpc) is 0.824. The van der Waals surface area contributed by atoms with Crippen molar-refractivity contribution in [2.75, 3.05) is 13.7 Å². The SMILES string of the molecule is C.C.C.C.C.C.C.C.C.C.C.C.C.C.C.C.CC(C(=O)O)C(C)C(=O)NC1CCCCC1.CC(C(=O)O)C(C)C(=O)O.CC(C(=O)O)C(C)C(=O)OC1CCCCC1.CC(C(=O)O)C(C)C(=O)OCCC(=O)O.CCC(C)(C)C(=O)NC1CCCC(C)C1C(=O)O.CCC(C)OC(=O)/C=C/OO.CCC(C)OC(=O)CCC(=O)O.COC(=O)C(C)C(C)C(=O)O. The average molecular weight is 1830 g/mol. The topological polar surface area (TPSA) is 555 Å². The maximum Gasteiger partial charge on any atom is 0.334 e. The fourth-order valence-corrected chi connectivity index (χ4v) is 9.21. The van der Waals surface area contributed by atoms with Crippen molar-refractivity contribution >= 4 is 95.4 Å². The summed E-state index contributed by atoms with van der Waals surface area (Å²) in [5.41, 5.74) is -0.427. The lowest BCUT2D eigenvalue weighted by molar-refractivity contribution is -0.187. The molecule has 0 radical (unpaired) electrons. The van der Waals surface area contributed by atoms with E-state index in [9.17, 15) is 81.8 Å². The Hall–Kier alpha value is -8.98. The third kappa shape index (κ3) is 80.6. The lowest BCUT2D eigenvalue weighted by Gasteiger charge is -2.36. The minimum atomic E-state index is -1.09. The van der Waals surface area contributed by atoms with Crippen LogP contribution in [0.3, 0.4) is 0 Å². The number of hydrogen-bond acceptors (Lipinski definition) is 23. The number of aliphatic carboxylic acids is 9. The highest BCUT2D eigenvalue weighted by Gasteiger charge is 2.39. The number of ether oxygens (including phenoxy) is 5. The fourth-order valence-electron chi connectivity index (χ4n) is 9.21. The molecule has 12 N–H and O–H groups in total. The van der Waals surface area contributed by atoms with E-state index in [1.165, 1.54) is 68.4 Å². The lowest BCUT2D eigenvalue weighted by atomic mass is 9.76. The zero-order valence-electron chi connectivity index (χ0n) is 67.1. The minimum absolute atomic E-state index is 0. The molecule has 15 unspecified atom stereocenters. The molecule has 3 rings (SSSR count). The lowest BCUT2D eigenvalue weighted by Crippen LogP contribution is -2.51. The second kappa shape index (κ2) is 94.2. The molecule has 15 atom stereocenters. The molecular formula is C91H192N2O32. The number of carbonyl (C=O) groups excluding carboxylic acids is 7. The fraction of sp³-hybridized carbons (Fsp3) is 0.802. The van der Waals surface area contributed by atoms with Gasteiger partial charge in [0, 0.05) is 23.4 Å². The van der Waals surface area contributed by atoms with Gasteiger partial charge in [-0.05, 0) is 90.4 Å². The first kappa shape index (κ1) is 170. The Labute approximate surface area is 757 Å². The first-order chi connectivity index (χ1) is 50.4. The number of esters is 5. The van der Waals surface area contributed by atoms with Gasteiger partial charge in [0.1, 0.15) is 19.0 Å². The van der Waals surface area contributed by atoms with E-state index in [0.717, 1.165) is 102 Å². The van der Waals surface area contributed by atoms with Gasteiger partial charge in [-0.2, -0.15) is 0 Å². The normalized spacial score (nSPS) is 16.1. The first-order valence-corrected chi connectivity index (χ1v) is 36.9. The van der Waals surface area contributed by atoms with Crippen molar-refractivity contribution in [1.29, 1.82) is 0 Å². The summed E-state index contributed by atoms with van der Waals surface area (Å²) in [6.45, 7) is 29.8. The van der Waals surface area contributed by atoms with Crippen molar-refractivity contribution in [2.45, 2.75) is 396 Å². The Morgan fingerprint density at radius 1 is 0.408 bits per heavy atom. The van der Waals surface area contributed by atoms with Gasteiger partial charge < -0.3 is 85.2 Å². The van der Waals surface area contributed by atoms with Crippen LogP contribution >= 0.6 is 0 Å². The quantitative estimate of drug-likeness (QED) is 0.00725. The molecule has 3 aliphatic carbocycles. The van der Waals surface area contributed by atoms with Crippen molar-refractivity contribution in [1.82, 2.24) is 10.6 Å². The number of carboxylic acid groups (broad SMARTS) is 9. The minimum Gasteiger partial charge on any atom is -0.481 e. The summed E-state index contributed by atoms with van der Waals surface area (Å²) in [4.78, 5) is 177. The summed E-state index contributed by atoms with van der Waals surface area (Å²) < 4.78 is 23.9. The number of hydrogen-bond donors (Lipinski definition) is 12. The van der Waals surface area contributed by atoms with Crippen LogP contribution in [-0.2, 0) is 105 Å². The molecular weight excluding hydrogens is 1630 g/mol. The van der Waals surface area contributed by atoms with E-state index in [1.54, 1.807) is 34.6 Å².